The van der Waals surface area contributed by atoms with Crippen molar-refractivity contribution in [2.24, 2.45) is 0 Å². The van der Waals surface area contributed by atoms with Gasteiger partial charge in [0.1, 0.15) is 31.4 Å². The molecule has 0 saturated carbocycles. The highest BCUT2D eigenvalue weighted by Gasteiger charge is 2.54. The van der Waals surface area contributed by atoms with Gasteiger partial charge in [-0.1, -0.05) is 0 Å². The number of aliphatic hydroxyl groups excluding tert-OH is 1. The average molecular weight is 1350 g/mol. The van der Waals surface area contributed by atoms with E-state index in [0.29, 0.717) is 0 Å². The van der Waals surface area contributed by atoms with Crippen LogP contribution in [0, 0.1) is 0 Å². The minimum absolute atomic E-state index is 0.124. The van der Waals surface area contributed by atoms with E-state index in [1.807, 2.05) is 0 Å². The van der Waals surface area contributed by atoms with E-state index < -0.39 is 168 Å². The van der Waals surface area contributed by atoms with Crippen LogP contribution in [0.15, 0.2) is 0 Å². The standard InChI is InChI=1S/C54H113N8O20P5/c1-45(2)27-41(28-46(3,4)58(45)64)78-83(68,69)35-55(21-23-56(36-84(70,71)79-42-29-47(5,6)59(65)48(7,8)30-42)37-85(72,73)80-43-31-49(9,10)60(66)50(11,12)32-43)22-24-57(38-86(74,75)81-44-33-51(13,14)61(67)52(15,16)34-44)39-87(76,77)82-62-53(17,18)25-40(63)26-54(62,19)20/h40-44,63-67H,21-39H2,1-20H3,(H,68,69)(H,70,71)(H,72,73)(H,74,75)(H,76,77). The molecule has 28 nitrogen and oxygen atoms in total. The van der Waals surface area contributed by atoms with Gasteiger partial charge in [0.2, 0.25) is 0 Å². The fourth-order valence-electron chi connectivity index (χ4n) is 15.1. The zero-order chi connectivity index (χ0) is 67.0. The Kier molecular flexibility index (Phi) is 23.9. The van der Waals surface area contributed by atoms with E-state index in [9.17, 15) is 73.2 Å². The van der Waals surface area contributed by atoms with Crippen molar-refractivity contribution < 1.29 is 95.9 Å². The largest absolute Gasteiger partial charge is 0.393 e. The van der Waals surface area contributed by atoms with E-state index in [4.69, 9.17) is 22.7 Å². The highest BCUT2D eigenvalue weighted by Crippen LogP contribution is 2.57. The average Bonchev–Trinajstić information content (AvgIpc) is 0.944. The molecule has 5 aliphatic heterocycles. The molecule has 0 aliphatic carbocycles. The molecule has 0 aromatic carbocycles. The lowest BCUT2D eigenvalue weighted by atomic mass is 9.80. The van der Waals surface area contributed by atoms with Gasteiger partial charge in [0, 0.05) is 81.6 Å². The van der Waals surface area contributed by atoms with E-state index in [1.54, 1.807) is 138 Å². The van der Waals surface area contributed by atoms with Crippen LogP contribution >= 0.6 is 38.0 Å². The van der Waals surface area contributed by atoms with Crippen LogP contribution in [0.5, 0.6) is 0 Å². The lowest BCUT2D eigenvalue weighted by molar-refractivity contribution is -0.255. The highest BCUT2D eigenvalue weighted by molar-refractivity contribution is 7.54. The topological polar surface area (TPSA) is 360 Å². The lowest BCUT2D eigenvalue weighted by Crippen LogP contribution is -2.61. The maximum Gasteiger partial charge on any atom is 0.358 e. The van der Waals surface area contributed by atoms with Crippen LogP contribution in [0.3, 0.4) is 0 Å². The Labute approximate surface area is 518 Å². The van der Waals surface area contributed by atoms with Gasteiger partial charge in [-0.15, -0.1) is 0 Å². The van der Waals surface area contributed by atoms with Crippen LogP contribution in [0.4, 0.5) is 0 Å². The van der Waals surface area contributed by atoms with E-state index in [0.717, 1.165) is 0 Å². The molecule has 0 spiro atoms. The van der Waals surface area contributed by atoms with Crippen molar-refractivity contribution >= 4 is 38.0 Å². The van der Waals surface area contributed by atoms with Gasteiger partial charge in [0.15, 0.2) is 0 Å². The molecule has 5 fully saturated rings. The summed E-state index contributed by atoms with van der Waals surface area (Å²) in [5.74, 6) is 0. The zero-order valence-corrected chi connectivity index (χ0v) is 60.2. The maximum absolute atomic E-state index is 14.7. The van der Waals surface area contributed by atoms with Gasteiger partial charge in [-0.25, -0.2) is 4.62 Å². The maximum atomic E-state index is 14.7. The fraction of sp³-hybridized carbons (Fsp3) is 1.00. The Morgan fingerprint density at radius 2 is 0.506 bits per heavy atom. The van der Waals surface area contributed by atoms with E-state index in [1.165, 1.54) is 40.0 Å². The summed E-state index contributed by atoms with van der Waals surface area (Å²) in [7, 11) is -24.1. The van der Waals surface area contributed by atoms with Gasteiger partial charge in [-0.2, -0.15) is 25.3 Å². The first-order valence-electron chi connectivity index (χ1n) is 30.3. The van der Waals surface area contributed by atoms with E-state index >= 15 is 0 Å². The van der Waals surface area contributed by atoms with Gasteiger partial charge in [0.05, 0.1) is 30.5 Å². The van der Waals surface area contributed by atoms with Gasteiger partial charge < -0.3 is 68.5 Å². The second-order valence-electron chi connectivity index (χ2n) is 32.2. The number of hydrogen-bond donors (Lipinski definition) is 10. The van der Waals surface area contributed by atoms with Crippen LogP contribution in [0.1, 0.15) is 203 Å². The number of aliphatic hydroxyl groups is 1. The number of hydroxylamine groups is 10. The molecule has 0 bridgehead atoms. The van der Waals surface area contributed by atoms with Crippen LogP contribution in [-0.2, 0) is 45.5 Å². The Bertz CT molecular complexity index is 2470. The molecule has 5 atom stereocenters. The van der Waals surface area contributed by atoms with Crippen LogP contribution < -0.4 is 0 Å². The van der Waals surface area contributed by atoms with Crippen molar-refractivity contribution in [1.29, 1.82) is 0 Å². The number of nitrogens with zero attached hydrogens (tertiary/aromatic N) is 8. The molecule has 5 heterocycles. The predicted molar refractivity (Wildman–Crippen MR) is 328 cm³/mol. The first-order valence-corrected chi connectivity index (χ1v) is 39.1. The van der Waals surface area contributed by atoms with Crippen LogP contribution in [0.25, 0.3) is 0 Å². The van der Waals surface area contributed by atoms with Gasteiger partial charge >= 0.3 is 38.0 Å². The first-order chi connectivity index (χ1) is 38.6. The summed E-state index contributed by atoms with van der Waals surface area (Å²) in [6.45, 7) is 33.5. The van der Waals surface area contributed by atoms with Crippen molar-refractivity contribution in [2.75, 3.05) is 57.6 Å². The second kappa shape index (κ2) is 26.7. The monoisotopic (exact) mass is 1350 g/mol. The molecular weight excluding hydrogens is 1240 g/mol. The Balaban J connectivity index is 1.55. The molecule has 5 rings (SSSR count). The summed E-state index contributed by atoms with van der Waals surface area (Å²) in [6.07, 6.45) is -7.12. The van der Waals surface area contributed by atoms with Crippen molar-refractivity contribution in [3.8, 4) is 0 Å². The second-order valence-corrected chi connectivity index (χ2v) is 40.9. The molecule has 514 valence electrons. The molecule has 10 N–H and O–H groups in total. The smallest absolute Gasteiger partial charge is 0.358 e. The molecule has 5 saturated heterocycles. The summed E-state index contributed by atoms with van der Waals surface area (Å²) in [4.78, 5) is 63.0. The molecule has 33 heteroatoms. The Morgan fingerprint density at radius 1 is 0.322 bits per heavy atom. The number of piperidine rings is 5. The minimum atomic E-state index is -4.90. The Morgan fingerprint density at radius 3 is 0.724 bits per heavy atom. The number of rotatable bonds is 26. The summed E-state index contributed by atoms with van der Waals surface area (Å²) in [5, 5.41) is 61.0. The summed E-state index contributed by atoms with van der Waals surface area (Å²) in [5.41, 5.74) is -9.18. The van der Waals surface area contributed by atoms with Crippen LogP contribution in [0.2, 0.25) is 0 Å². The normalized spacial score (nSPS) is 29.5. The molecule has 5 aliphatic rings. The summed E-state index contributed by atoms with van der Waals surface area (Å²) >= 11 is 0. The number of hydrogen-bond acceptors (Lipinski definition) is 23. The first kappa shape index (κ1) is 77.9. The quantitative estimate of drug-likeness (QED) is 0.0360. The SMILES string of the molecule is CC1(C)CC(OP(=O)(O)CN(CCN(CP(=O)(O)OC2CC(C)(C)N(O)C(C)(C)C2)CP(=O)(O)OC2CC(C)(C)N(O)C(C)(C)C2)CCN(CP(=O)(O)OC2CC(C)(C)N(O)C(C)(C)C2)CP(=O)(O)ON2C(C)(C)CC(O)CC2(C)C)CC(C)(C)N1O. The molecule has 0 aromatic heterocycles. The summed E-state index contributed by atoms with van der Waals surface area (Å²) < 4.78 is 103. The lowest BCUT2D eigenvalue weighted by Gasteiger charge is -2.52. The molecule has 5 unspecified atom stereocenters. The van der Waals surface area contributed by atoms with Crippen molar-refractivity contribution in [3.05, 3.63) is 0 Å². The molecule has 0 amide bonds. The third-order valence-electron chi connectivity index (χ3n) is 17.8. The van der Waals surface area contributed by atoms with Crippen molar-refractivity contribution in [3.63, 3.8) is 0 Å². The van der Waals surface area contributed by atoms with E-state index in [-0.39, 0.29) is 77.3 Å². The van der Waals surface area contributed by atoms with Gasteiger partial charge in [0.25, 0.3) is 0 Å². The van der Waals surface area contributed by atoms with Gasteiger partial charge in [-0.3, -0.25) is 37.5 Å². The minimum Gasteiger partial charge on any atom is -0.393 e. The zero-order valence-electron chi connectivity index (χ0n) is 55.7. The fourth-order valence-corrected chi connectivity index (χ4v) is 22.7. The highest BCUT2D eigenvalue weighted by atomic mass is 31.2. The Hall–Kier alpha value is 0.230. The predicted octanol–water partition coefficient (Wildman–Crippen LogP) is 9.26. The third kappa shape index (κ3) is 21.1. The molecule has 0 aromatic rings. The molecule has 0 radical (unpaired) electrons. The third-order valence-corrected chi connectivity index (χ3v) is 24.5. The van der Waals surface area contributed by atoms with Crippen molar-refractivity contribution in [2.45, 2.75) is 289 Å². The summed E-state index contributed by atoms with van der Waals surface area (Å²) in [6, 6.07) is 0. The van der Waals surface area contributed by atoms with Crippen LogP contribution in [-0.4, -0.2) is 234 Å². The van der Waals surface area contributed by atoms with Gasteiger partial charge in [-0.05, 0) is 203 Å². The van der Waals surface area contributed by atoms with Crippen molar-refractivity contribution in [1.82, 2.24) is 40.0 Å². The van der Waals surface area contributed by atoms with E-state index in [2.05, 4.69) is 0 Å². The molecular formula is C54H113N8O20P5. The molecule has 87 heavy (non-hydrogen) atoms.